The fourth-order valence-electron chi connectivity index (χ4n) is 2.86. The Kier molecular flexibility index (Phi) is 8.48. The Morgan fingerprint density at radius 3 is 2.67 bits per heavy atom. The lowest BCUT2D eigenvalue weighted by atomic mass is 10.1. The first-order chi connectivity index (χ1) is 15.7. The van der Waals surface area contributed by atoms with Crippen molar-refractivity contribution < 1.29 is 32.3 Å². The van der Waals surface area contributed by atoms with Crippen molar-refractivity contribution in [2.45, 2.75) is 37.3 Å². The van der Waals surface area contributed by atoms with Crippen molar-refractivity contribution in [1.29, 1.82) is 0 Å². The summed E-state index contributed by atoms with van der Waals surface area (Å²) in [7, 11) is -3.90. The second-order valence-electron chi connectivity index (χ2n) is 7.63. The number of thiazole rings is 1. The predicted molar refractivity (Wildman–Crippen MR) is 120 cm³/mol. The molecule has 0 radical (unpaired) electrons. The third kappa shape index (κ3) is 6.77. The maximum atomic E-state index is 13.2. The fourth-order valence-corrected chi connectivity index (χ4v) is 4.78. The van der Waals surface area contributed by atoms with Crippen molar-refractivity contribution in [3.8, 4) is 0 Å². The Bertz CT molecular complexity index is 1080. The molecule has 0 spiro atoms. The Morgan fingerprint density at radius 2 is 2.12 bits per heavy atom. The van der Waals surface area contributed by atoms with Gasteiger partial charge < -0.3 is 14.7 Å². The third-order valence-electron chi connectivity index (χ3n) is 4.84. The first-order valence-corrected chi connectivity index (χ1v) is 12.5. The van der Waals surface area contributed by atoms with Crippen LogP contribution in [-0.2, 0) is 24.4 Å². The van der Waals surface area contributed by atoms with Gasteiger partial charge in [-0.1, -0.05) is 42.5 Å². The number of ether oxygens (including phenoxy) is 1. The van der Waals surface area contributed by atoms with Gasteiger partial charge in [0.2, 0.25) is 10.0 Å². The summed E-state index contributed by atoms with van der Waals surface area (Å²) in [5, 5.41) is 15.3. The summed E-state index contributed by atoms with van der Waals surface area (Å²) in [6.45, 7) is 4.09. The van der Waals surface area contributed by atoms with Gasteiger partial charge in [0.15, 0.2) is 22.1 Å². The van der Waals surface area contributed by atoms with Gasteiger partial charge in [0.05, 0.1) is 30.9 Å². The lowest BCUT2D eigenvalue weighted by Crippen LogP contribution is -2.41. The van der Waals surface area contributed by atoms with E-state index in [1.165, 1.54) is 24.3 Å². The molecular formula is C20H25FN4O6S2. The molecule has 1 aliphatic rings. The molecule has 10 nitrogen and oxygen atoms in total. The van der Waals surface area contributed by atoms with Gasteiger partial charge in [-0.15, -0.1) is 0 Å². The van der Waals surface area contributed by atoms with Gasteiger partial charge in [-0.25, -0.2) is 18.1 Å². The summed E-state index contributed by atoms with van der Waals surface area (Å²) in [6.07, 6.45) is 1.27. The Hall–Kier alpha value is -2.45. The molecular weight excluding hydrogens is 475 g/mol. The van der Waals surface area contributed by atoms with E-state index in [4.69, 9.17) is 9.57 Å². The topological polar surface area (TPSA) is 139 Å². The largest absolute Gasteiger partial charge is 0.395 e. The lowest BCUT2D eigenvalue weighted by molar-refractivity contribution is -0.110. The molecule has 0 unspecified atom stereocenters. The van der Waals surface area contributed by atoms with Crippen LogP contribution in [0.2, 0.25) is 0 Å². The number of aromatic nitrogens is 1. The summed E-state index contributed by atoms with van der Waals surface area (Å²) in [6, 6.07) is 4.81. The van der Waals surface area contributed by atoms with Crippen molar-refractivity contribution in [3.05, 3.63) is 41.2 Å². The molecule has 3 N–H and O–H groups in total. The van der Waals surface area contributed by atoms with E-state index in [1.54, 1.807) is 13.8 Å². The maximum Gasteiger partial charge on any atom is 0.280 e. The molecule has 1 amide bonds. The molecule has 0 bridgehead atoms. The first kappa shape index (κ1) is 25.2. The van der Waals surface area contributed by atoms with Crippen LogP contribution >= 0.6 is 11.3 Å². The highest BCUT2D eigenvalue weighted by molar-refractivity contribution is 7.89. The normalized spacial score (nSPS) is 17.8. The minimum atomic E-state index is -3.90. The van der Waals surface area contributed by atoms with Gasteiger partial charge in [-0.2, -0.15) is 4.39 Å². The highest BCUT2D eigenvalue weighted by Crippen LogP contribution is 2.18. The molecule has 33 heavy (non-hydrogen) atoms. The second kappa shape index (κ2) is 11.1. The van der Waals surface area contributed by atoms with Crippen LogP contribution in [0.25, 0.3) is 0 Å². The van der Waals surface area contributed by atoms with Crippen molar-refractivity contribution >= 4 is 38.1 Å². The van der Waals surface area contributed by atoms with Gasteiger partial charge in [0.1, 0.15) is 0 Å². The van der Waals surface area contributed by atoms with Crippen LogP contribution < -0.4 is 10.0 Å². The molecule has 0 aliphatic carbocycles. The summed E-state index contributed by atoms with van der Waals surface area (Å²) in [5.74, 6) is -0.809. The molecule has 1 aliphatic heterocycles. The number of hydrogen-bond donors (Lipinski definition) is 3. The van der Waals surface area contributed by atoms with E-state index < -0.39 is 27.1 Å². The predicted octanol–water partition coefficient (Wildman–Crippen LogP) is 1.73. The number of amides is 1. The van der Waals surface area contributed by atoms with Gasteiger partial charge in [0, 0.05) is 18.0 Å². The fraction of sp³-hybridized carbons (Fsp3) is 0.450. The standard InChI is InChI=1S/C20H25FN4O6S2/c1-12(2)16(10-26)25-33(28,29)15-5-3-13(4-6-15)18(24-31-14-7-8-30-11-14)19(27)23-20-22-9-17(21)32-20/h3-6,9,12,14,16,25-26H,7-8,10-11H2,1-2H3,(H,22,23,27)/b24-18+/t14-,16+/m1/s1. The second-order valence-corrected chi connectivity index (χ2v) is 10.3. The zero-order valence-electron chi connectivity index (χ0n) is 18.0. The highest BCUT2D eigenvalue weighted by atomic mass is 32.2. The number of carbonyl (C=O) groups excluding carboxylic acids is 1. The minimum absolute atomic E-state index is 0.0431. The van der Waals surface area contributed by atoms with Gasteiger partial charge in [-0.05, 0) is 18.1 Å². The number of benzene rings is 1. The van der Waals surface area contributed by atoms with E-state index in [0.29, 0.717) is 31.0 Å². The maximum absolute atomic E-state index is 13.2. The number of carbonyl (C=O) groups is 1. The third-order valence-corrected chi connectivity index (χ3v) is 7.05. The van der Waals surface area contributed by atoms with E-state index in [-0.39, 0.29) is 39.9 Å². The number of rotatable bonds is 10. The number of hydrogen-bond acceptors (Lipinski definition) is 9. The summed E-state index contributed by atoms with van der Waals surface area (Å²) in [4.78, 5) is 21.9. The molecule has 180 valence electrons. The number of nitrogens with zero attached hydrogens (tertiary/aromatic N) is 2. The van der Waals surface area contributed by atoms with Gasteiger partial charge >= 0.3 is 0 Å². The number of aliphatic hydroxyl groups excluding tert-OH is 1. The SMILES string of the molecule is CC(C)[C@H](CO)NS(=O)(=O)c1ccc(/C(=N\O[C@@H]2CCOC2)C(=O)Nc2ncc(F)s2)cc1. The molecule has 1 aromatic heterocycles. The number of oxime groups is 1. The van der Waals surface area contributed by atoms with E-state index >= 15 is 0 Å². The van der Waals surface area contributed by atoms with Crippen LogP contribution in [0.5, 0.6) is 0 Å². The number of nitrogens with one attached hydrogen (secondary N) is 2. The number of sulfonamides is 1. The minimum Gasteiger partial charge on any atom is -0.395 e. The molecule has 2 atom stereocenters. The molecule has 2 heterocycles. The number of aliphatic hydroxyl groups is 1. The Labute approximate surface area is 194 Å². The van der Waals surface area contributed by atoms with Crippen molar-refractivity contribution in [1.82, 2.24) is 9.71 Å². The summed E-state index contributed by atoms with van der Waals surface area (Å²) >= 11 is 0.654. The van der Waals surface area contributed by atoms with E-state index in [1.807, 2.05) is 0 Å². The van der Waals surface area contributed by atoms with E-state index in [9.17, 15) is 22.7 Å². The van der Waals surface area contributed by atoms with Gasteiger partial charge in [0.25, 0.3) is 5.91 Å². The van der Waals surface area contributed by atoms with Crippen molar-refractivity contribution in [2.75, 3.05) is 25.1 Å². The average molecular weight is 501 g/mol. The average Bonchev–Trinajstić information content (AvgIpc) is 3.44. The molecule has 1 saturated heterocycles. The zero-order valence-corrected chi connectivity index (χ0v) is 19.7. The molecule has 3 rings (SSSR count). The van der Waals surface area contributed by atoms with Crippen LogP contribution in [0.1, 0.15) is 25.8 Å². The van der Waals surface area contributed by atoms with Crippen LogP contribution in [0.15, 0.2) is 40.5 Å². The molecule has 1 fully saturated rings. The van der Waals surface area contributed by atoms with Crippen molar-refractivity contribution in [2.24, 2.45) is 11.1 Å². The van der Waals surface area contributed by atoms with Crippen LogP contribution in [0.3, 0.4) is 0 Å². The quantitative estimate of drug-likeness (QED) is 0.333. The lowest BCUT2D eigenvalue weighted by Gasteiger charge is -2.20. The smallest absolute Gasteiger partial charge is 0.280 e. The van der Waals surface area contributed by atoms with Crippen LogP contribution in [-0.4, -0.2) is 62.1 Å². The van der Waals surface area contributed by atoms with Crippen molar-refractivity contribution in [3.63, 3.8) is 0 Å². The monoisotopic (exact) mass is 500 g/mol. The molecule has 2 aromatic rings. The number of anilines is 1. The molecule has 13 heteroatoms. The first-order valence-electron chi connectivity index (χ1n) is 10.2. The van der Waals surface area contributed by atoms with E-state index in [2.05, 4.69) is 20.2 Å². The summed E-state index contributed by atoms with van der Waals surface area (Å²) < 4.78 is 46.2. The van der Waals surface area contributed by atoms with Gasteiger partial charge in [-0.3, -0.25) is 10.1 Å². The summed E-state index contributed by atoms with van der Waals surface area (Å²) in [5.41, 5.74) is 0.148. The Morgan fingerprint density at radius 1 is 1.39 bits per heavy atom. The molecule has 0 saturated carbocycles. The van der Waals surface area contributed by atoms with E-state index in [0.717, 1.165) is 6.20 Å². The highest BCUT2D eigenvalue weighted by Gasteiger charge is 2.24. The van der Waals surface area contributed by atoms with Crippen LogP contribution in [0, 0.1) is 11.0 Å². The molecule has 1 aromatic carbocycles. The van der Waals surface area contributed by atoms with Crippen LogP contribution in [0.4, 0.5) is 9.52 Å². The number of halogens is 1. The Balaban J connectivity index is 1.83. The zero-order chi connectivity index (χ0) is 24.0.